The molecule has 0 spiro atoms. The fourth-order valence-corrected chi connectivity index (χ4v) is 6.34. The number of carboxylic acid groups (broad SMARTS) is 1. The molecular formula is C22H26N4O9S2. The molecule has 4 rings (SSSR count). The topological polar surface area (TPSA) is 175 Å². The minimum absolute atomic E-state index is 0.0284. The van der Waals surface area contributed by atoms with Gasteiger partial charge in [0.05, 0.1) is 19.4 Å². The van der Waals surface area contributed by atoms with Crippen LogP contribution in [0, 0.1) is 0 Å². The molecule has 3 atom stereocenters. The zero-order valence-electron chi connectivity index (χ0n) is 19.6. The third kappa shape index (κ3) is 6.13. The van der Waals surface area contributed by atoms with Crippen LogP contribution in [0.25, 0.3) is 0 Å². The van der Waals surface area contributed by atoms with Crippen LogP contribution in [-0.4, -0.2) is 108 Å². The van der Waals surface area contributed by atoms with E-state index in [0.29, 0.717) is 26.4 Å². The number of thioether (sulfide) groups is 1. The van der Waals surface area contributed by atoms with Crippen molar-refractivity contribution in [2.45, 2.75) is 16.7 Å². The Bertz CT molecular complexity index is 1200. The number of hydrogen-bond acceptors (Lipinski definition) is 10. The number of ether oxygens (including phenoxy) is 1. The molecule has 0 aromatic heterocycles. The maximum absolute atomic E-state index is 12.8. The van der Waals surface area contributed by atoms with Crippen LogP contribution in [0.2, 0.25) is 0 Å². The molecule has 0 bridgehead atoms. The predicted molar refractivity (Wildman–Crippen MR) is 132 cm³/mol. The second-order valence-electron chi connectivity index (χ2n) is 8.40. The summed E-state index contributed by atoms with van der Waals surface area (Å²) in [5.41, 5.74) is 0.00757. The summed E-state index contributed by atoms with van der Waals surface area (Å²) in [6.45, 7) is 3.85. The summed E-state index contributed by atoms with van der Waals surface area (Å²) in [4.78, 5) is 46.1. The lowest BCUT2D eigenvalue weighted by molar-refractivity contribution is -0.150. The molecule has 15 heteroatoms. The number of nitrogens with zero attached hydrogens (tertiary/aromatic N) is 3. The van der Waals surface area contributed by atoms with E-state index in [0.717, 1.165) is 18.0 Å². The molecule has 0 saturated carbocycles. The van der Waals surface area contributed by atoms with Crippen LogP contribution in [0.4, 0.5) is 0 Å². The van der Waals surface area contributed by atoms with E-state index in [1.54, 1.807) is 6.07 Å². The van der Waals surface area contributed by atoms with Gasteiger partial charge in [-0.3, -0.25) is 23.9 Å². The van der Waals surface area contributed by atoms with Crippen molar-refractivity contribution in [1.29, 1.82) is 0 Å². The quantitative estimate of drug-likeness (QED) is 0.114. The first-order valence-corrected chi connectivity index (χ1v) is 13.9. The standard InChI is InChI=1S/C22H26N4O9S2/c27-19(18(37(31,32)33)14-4-2-1-3-5-14)24-16-20(28)26-17(22(29)30)15(13-36-21(16)26)12-23-35-11-8-25-6-9-34-10-7-25/h1-5,12,16,18,21H,6-11,13H2,(H,24,27)(H,29,30)(H,31,32,33)/t16-,18?,21+/m1/s1. The van der Waals surface area contributed by atoms with Crippen LogP contribution in [0.15, 0.2) is 46.8 Å². The maximum atomic E-state index is 12.8. The van der Waals surface area contributed by atoms with Crippen molar-refractivity contribution in [2.24, 2.45) is 5.16 Å². The molecule has 200 valence electrons. The number of aliphatic carboxylic acids is 1. The summed E-state index contributed by atoms with van der Waals surface area (Å²) < 4.78 is 38.8. The molecule has 1 aromatic rings. The maximum Gasteiger partial charge on any atom is 0.353 e. The average molecular weight is 555 g/mol. The van der Waals surface area contributed by atoms with Gasteiger partial charge in [0.2, 0.25) is 5.91 Å². The first-order valence-electron chi connectivity index (χ1n) is 11.4. The van der Waals surface area contributed by atoms with Crippen LogP contribution in [0.3, 0.4) is 0 Å². The summed E-state index contributed by atoms with van der Waals surface area (Å²) in [7, 11) is -4.84. The van der Waals surface area contributed by atoms with Crippen molar-refractivity contribution < 1.29 is 42.0 Å². The average Bonchev–Trinajstić information content (AvgIpc) is 2.87. The van der Waals surface area contributed by atoms with Crippen LogP contribution in [-0.2, 0) is 34.1 Å². The van der Waals surface area contributed by atoms with Crippen molar-refractivity contribution in [3.05, 3.63) is 47.2 Å². The van der Waals surface area contributed by atoms with Crippen LogP contribution >= 0.6 is 11.8 Å². The van der Waals surface area contributed by atoms with Gasteiger partial charge in [0, 0.05) is 31.0 Å². The van der Waals surface area contributed by atoms with Crippen molar-refractivity contribution in [2.75, 3.05) is 45.2 Å². The van der Waals surface area contributed by atoms with Crippen molar-refractivity contribution in [3.63, 3.8) is 0 Å². The Morgan fingerprint density at radius 3 is 2.62 bits per heavy atom. The fourth-order valence-electron chi connectivity index (χ4n) is 4.21. The zero-order valence-corrected chi connectivity index (χ0v) is 21.2. The monoisotopic (exact) mass is 554 g/mol. The highest BCUT2D eigenvalue weighted by atomic mass is 32.2. The van der Waals surface area contributed by atoms with E-state index < -0.39 is 44.6 Å². The third-order valence-corrected chi connectivity index (χ3v) is 8.41. The smallest absolute Gasteiger partial charge is 0.353 e. The summed E-state index contributed by atoms with van der Waals surface area (Å²) in [6.07, 6.45) is 1.26. The number of β-lactam (4-membered cyclic amide) rings is 1. The number of fused-ring (bicyclic) bond motifs is 1. The van der Waals surface area contributed by atoms with Crippen molar-refractivity contribution >= 4 is 45.9 Å². The lowest BCUT2D eigenvalue weighted by Crippen LogP contribution is -2.71. The number of hydrogen-bond donors (Lipinski definition) is 3. The molecule has 37 heavy (non-hydrogen) atoms. The van der Waals surface area contributed by atoms with Gasteiger partial charge in [-0.05, 0) is 5.56 Å². The Morgan fingerprint density at radius 2 is 1.97 bits per heavy atom. The van der Waals surface area contributed by atoms with E-state index >= 15 is 0 Å². The van der Waals surface area contributed by atoms with E-state index in [4.69, 9.17) is 9.57 Å². The van der Waals surface area contributed by atoms with Gasteiger partial charge in [-0.2, -0.15) is 8.42 Å². The largest absolute Gasteiger partial charge is 0.477 e. The second kappa shape index (κ2) is 11.6. The molecule has 2 amide bonds. The molecule has 0 radical (unpaired) electrons. The molecule has 3 N–H and O–H groups in total. The van der Waals surface area contributed by atoms with Gasteiger partial charge in [-0.1, -0.05) is 35.5 Å². The Kier molecular flexibility index (Phi) is 8.49. The molecule has 3 aliphatic heterocycles. The highest BCUT2D eigenvalue weighted by molar-refractivity contribution is 8.00. The summed E-state index contributed by atoms with van der Waals surface area (Å²) >= 11 is 1.19. The highest BCUT2D eigenvalue weighted by Gasteiger charge is 2.55. The van der Waals surface area contributed by atoms with Crippen LogP contribution < -0.4 is 5.32 Å². The number of benzene rings is 1. The summed E-state index contributed by atoms with van der Waals surface area (Å²) in [5, 5.41) is 13.3. The summed E-state index contributed by atoms with van der Waals surface area (Å²) in [6, 6.07) is 6.19. The Balaban J connectivity index is 1.41. The minimum atomic E-state index is -4.84. The Labute approximate surface area is 217 Å². The Hall–Kier alpha value is -2.98. The van der Waals surface area contributed by atoms with Crippen LogP contribution in [0.1, 0.15) is 10.8 Å². The van der Waals surface area contributed by atoms with Gasteiger partial charge < -0.3 is 20.0 Å². The first kappa shape index (κ1) is 27.1. The van der Waals surface area contributed by atoms with Gasteiger partial charge in [-0.25, -0.2) is 4.79 Å². The molecule has 3 heterocycles. The second-order valence-corrected chi connectivity index (χ2v) is 11.0. The predicted octanol–water partition coefficient (Wildman–Crippen LogP) is -0.311. The van der Waals surface area contributed by atoms with E-state index in [2.05, 4.69) is 15.4 Å². The number of carbonyl (C=O) groups is 3. The molecule has 0 aliphatic carbocycles. The molecular weight excluding hydrogens is 528 g/mol. The van der Waals surface area contributed by atoms with Gasteiger partial charge in [0.1, 0.15) is 23.7 Å². The van der Waals surface area contributed by atoms with Crippen molar-refractivity contribution in [3.8, 4) is 0 Å². The Morgan fingerprint density at radius 1 is 1.27 bits per heavy atom. The SMILES string of the molecule is O=C(O)C1=C(C=NOCCN2CCOCC2)CS[C@H]2[C@H](NC(=O)C(c3ccccc3)S(=O)(=O)O)C(=O)N12. The van der Waals surface area contributed by atoms with E-state index in [-0.39, 0.29) is 22.6 Å². The number of rotatable bonds is 10. The number of carboxylic acids is 1. The van der Waals surface area contributed by atoms with Crippen LogP contribution in [0.5, 0.6) is 0 Å². The number of oxime groups is 1. The van der Waals surface area contributed by atoms with E-state index in [1.165, 1.54) is 42.2 Å². The number of morpholine rings is 1. The highest BCUT2D eigenvalue weighted by Crippen LogP contribution is 2.40. The molecule has 13 nitrogen and oxygen atoms in total. The number of amides is 2. The molecule has 1 unspecified atom stereocenters. The van der Waals surface area contributed by atoms with E-state index in [1.807, 2.05) is 0 Å². The van der Waals surface area contributed by atoms with Gasteiger partial charge in [0.15, 0.2) is 5.25 Å². The number of carbonyl (C=O) groups excluding carboxylic acids is 2. The summed E-state index contributed by atoms with van der Waals surface area (Å²) in [5.74, 6) is -2.99. The lowest BCUT2D eigenvalue weighted by Gasteiger charge is -2.49. The molecule has 3 aliphatic rings. The minimum Gasteiger partial charge on any atom is -0.477 e. The first-order chi connectivity index (χ1) is 17.7. The normalized spacial score (nSPS) is 23.4. The molecule has 2 fully saturated rings. The molecule has 1 aromatic carbocycles. The fraction of sp³-hybridized carbons (Fsp3) is 0.455. The van der Waals surface area contributed by atoms with E-state index in [9.17, 15) is 32.5 Å². The number of nitrogens with one attached hydrogen (secondary N) is 1. The third-order valence-electron chi connectivity index (χ3n) is 6.02. The van der Waals surface area contributed by atoms with Gasteiger partial charge in [-0.15, -0.1) is 11.8 Å². The van der Waals surface area contributed by atoms with Gasteiger partial charge >= 0.3 is 5.97 Å². The van der Waals surface area contributed by atoms with Gasteiger partial charge in [0.25, 0.3) is 16.0 Å². The lowest BCUT2D eigenvalue weighted by atomic mass is 10.0. The zero-order chi connectivity index (χ0) is 26.6. The molecule has 2 saturated heterocycles. The van der Waals surface area contributed by atoms with Crippen molar-refractivity contribution in [1.82, 2.24) is 15.1 Å².